The lowest BCUT2D eigenvalue weighted by atomic mass is 9.97. The van der Waals surface area contributed by atoms with Crippen molar-refractivity contribution in [1.82, 2.24) is 23.8 Å². The maximum absolute atomic E-state index is 13.8. The molecule has 15 heteroatoms. The molecule has 236 valence electrons. The Morgan fingerprint density at radius 3 is 2.59 bits per heavy atom. The van der Waals surface area contributed by atoms with E-state index in [9.17, 15) is 27.1 Å². The molecule has 2 fully saturated rings. The first-order chi connectivity index (χ1) is 20.9. The van der Waals surface area contributed by atoms with E-state index in [2.05, 4.69) is 4.98 Å². The topological polar surface area (TPSA) is 148 Å². The number of methoxy groups -OCH3 is 1. The van der Waals surface area contributed by atoms with Crippen molar-refractivity contribution < 1.29 is 31.8 Å². The maximum Gasteiger partial charge on any atom is 0.329 e. The number of rotatable bonds is 9. The van der Waals surface area contributed by atoms with Crippen molar-refractivity contribution in [2.75, 3.05) is 30.8 Å². The van der Waals surface area contributed by atoms with Gasteiger partial charge in [-0.15, -0.1) is 0 Å². The molecule has 1 saturated heterocycles. The van der Waals surface area contributed by atoms with Gasteiger partial charge in [-0.2, -0.15) is 13.1 Å². The number of nitrogens with zero attached hydrogens (tertiary/aromatic N) is 6. The predicted molar refractivity (Wildman–Crippen MR) is 160 cm³/mol. The van der Waals surface area contributed by atoms with Crippen LogP contribution in [0.3, 0.4) is 0 Å². The fourth-order valence-corrected chi connectivity index (χ4v) is 6.81. The Kier molecular flexibility index (Phi) is 7.74. The van der Waals surface area contributed by atoms with Gasteiger partial charge < -0.3 is 25.0 Å². The molecule has 1 amide bonds. The summed E-state index contributed by atoms with van der Waals surface area (Å²) >= 11 is 0. The smallest absolute Gasteiger partial charge is 0.329 e. The molecule has 0 spiro atoms. The number of aliphatic hydroxyl groups excluding tert-OH is 1. The van der Waals surface area contributed by atoms with E-state index >= 15 is 0 Å². The molecule has 4 aromatic heterocycles. The highest BCUT2D eigenvalue weighted by Crippen LogP contribution is 2.38. The number of likely N-dealkylation sites (tertiary alicyclic amines) is 1. The van der Waals surface area contributed by atoms with Gasteiger partial charge in [-0.25, -0.2) is 18.4 Å². The van der Waals surface area contributed by atoms with Crippen LogP contribution in [-0.2, 0) is 16.6 Å². The normalized spacial score (nSPS) is 19.3. The number of nitrogens with two attached hydrogens (primary N) is 1. The molecule has 4 aromatic rings. The van der Waals surface area contributed by atoms with Gasteiger partial charge in [0.25, 0.3) is 5.91 Å². The number of ether oxygens (including phenoxy) is 1. The molecule has 2 aliphatic rings. The number of fused-ring (bicyclic) bond motifs is 2. The number of aromatic nitrogens is 4. The van der Waals surface area contributed by atoms with Crippen molar-refractivity contribution >= 4 is 38.4 Å². The van der Waals surface area contributed by atoms with Crippen LogP contribution in [-0.4, -0.2) is 88.4 Å². The Labute approximate surface area is 253 Å². The summed E-state index contributed by atoms with van der Waals surface area (Å²) in [5, 5.41) is 10.6. The first kappa shape index (κ1) is 30.2. The van der Waals surface area contributed by atoms with E-state index in [1.54, 1.807) is 27.5 Å². The zero-order valence-electron chi connectivity index (χ0n) is 24.7. The van der Waals surface area contributed by atoms with Crippen LogP contribution in [0.15, 0.2) is 30.3 Å². The lowest BCUT2D eigenvalue weighted by Gasteiger charge is -2.37. The Hall–Kier alpha value is -3.82. The molecule has 2 atom stereocenters. The standard InChI is InChI=1S/C29H35F2N7O5S/c1-16-26(33-24-11-19(12-25(43-2)37(16)24)28(40)35-9-8-20(32)13-21(35)15-39)22-10-18-6-7-23(38(29(30)31)44(3,41)42)34-27(18)36(22)14-17-4-5-17/h6-7,10-12,17,20-21,29,39H,4-5,8-9,13-15,32H2,1-3H3/t20-,21?/m0/s1. The van der Waals surface area contributed by atoms with Crippen LogP contribution < -0.4 is 14.8 Å². The Bertz CT molecular complexity index is 1850. The number of aliphatic hydroxyl groups is 1. The van der Waals surface area contributed by atoms with Crippen molar-refractivity contribution in [2.24, 2.45) is 11.7 Å². The monoisotopic (exact) mass is 631 g/mol. The van der Waals surface area contributed by atoms with E-state index in [4.69, 9.17) is 15.5 Å². The summed E-state index contributed by atoms with van der Waals surface area (Å²) in [6, 6.07) is 7.57. The second-order valence-electron chi connectivity index (χ2n) is 11.6. The number of anilines is 1. The van der Waals surface area contributed by atoms with Crippen LogP contribution in [0.25, 0.3) is 28.1 Å². The molecule has 0 radical (unpaired) electrons. The molecule has 6 rings (SSSR count). The summed E-state index contributed by atoms with van der Waals surface area (Å²) in [7, 11) is -2.78. The van der Waals surface area contributed by atoms with Crippen LogP contribution in [0.5, 0.6) is 5.88 Å². The summed E-state index contributed by atoms with van der Waals surface area (Å²) in [4.78, 5) is 24.6. The van der Waals surface area contributed by atoms with Crippen LogP contribution >= 0.6 is 0 Å². The van der Waals surface area contributed by atoms with E-state index in [1.165, 1.54) is 13.2 Å². The minimum Gasteiger partial charge on any atom is -0.482 e. The van der Waals surface area contributed by atoms with Gasteiger partial charge in [0, 0.05) is 36.1 Å². The third-order valence-corrected chi connectivity index (χ3v) is 9.53. The van der Waals surface area contributed by atoms with Gasteiger partial charge in [0.1, 0.15) is 22.8 Å². The molecule has 1 aliphatic carbocycles. The van der Waals surface area contributed by atoms with Gasteiger partial charge in [-0.3, -0.25) is 9.20 Å². The van der Waals surface area contributed by atoms with E-state index in [0.717, 1.165) is 24.8 Å². The number of sulfonamides is 1. The minimum atomic E-state index is -4.28. The van der Waals surface area contributed by atoms with Crippen molar-refractivity contribution in [2.45, 2.75) is 57.8 Å². The molecule has 1 saturated carbocycles. The van der Waals surface area contributed by atoms with Crippen molar-refractivity contribution in [3.8, 4) is 17.3 Å². The Balaban J connectivity index is 1.47. The van der Waals surface area contributed by atoms with Gasteiger partial charge in [-0.1, -0.05) is 0 Å². The molecule has 0 aromatic carbocycles. The molecule has 0 bridgehead atoms. The number of amides is 1. The highest BCUT2D eigenvalue weighted by molar-refractivity contribution is 7.92. The SMILES string of the molecule is COc1cc(C(=O)N2CC[C@H](N)CC2CO)cc2nc(-c3cc4ccc(N(C(F)F)S(C)(=O)=O)nc4n3CC3CC3)c(C)n12. The van der Waals surface area contributed by atoms with Crippen LogP contribution in [0.1, 0.15) is 41.7 Å². The number of carbonyl (C=O) groups is 1. The largest absolute Gasteiger partial charge is 0.482 e. The van der Waals surface area contributed by atoms with Crippen LogP contribution in [0.4, 0.5) is 14.6 Å². The van der Waals surface area contributed by atoms with E-state index in [1.807, 2.05) is 17.6 Å². The third-order valence-electron chi connectivity index (χ3n) is 8.47. The number of alkyl halides is 2. The molecule has 1 unspecified atom stereocenters. The molecular weight excluding hydrogens is 596 g/mol. The number of pyridine rings is 2. The molecular formula is C29H35F2N7O5S. The zero-order chi connectivity index (χ0) is 31.5. The quantitative estimate of drug-likeness (QED) is 0.268. The van der Waals surface area contributed by atoms with Crippen LogP contribution in [0.2, 0.25) is 0 Å². The molecule has 3 N–H and O–H groups in total. The average Bonchev–Trinajstić information content (AvgIpc) is 3.65. The number of aryl methyl sites for hydroxylation is 1. The summed E-state index contributed by atoms with van der Waals surface area (Å²) in [5.41, 5.74) is 9.25. The zero-order valence-corrected chi connectivity index (χ0v) is 25.5. The molecule has 1 aliphatic heterocycles. The summed E-state index contributed by atoms with van der Waals surface area (Å²) in [6.07, 6.45) is 3.87. The number of hydrogen-bond acceptors (Lipinski definition) is 8. The lowest BCUT2D eigenvalue weighted by Crippen LogP contribution is -2.51. The number of imidazole rings is 1. The lowest BCUT2D eigenvalue weighted by molar-refractivity contribution is 0.0476. The van der Waals surface area contributed by atoms with Gasteiger partial charge >= 0.3 is 6.55 Å². The van der Waals surface area contributed by atoms with E-state index in [0.29, 0.717) is 71.4 Å². The Morgan fingerprint density at radius 1 is 1.20 bits per heavy atom. The highest BCUT2D eigenvalue weighted by Gasteiger charge is 2.33. The average molecular weight is 632 g/mol. The van der Waals surface area contributed by atoms with Gasteiger partial charge in [0.15, 0.2) is 5.88 Å². The van der Waals surface area contributed by atoms with E-state index < -0.39 is 16.6 Å². The van der Waals surface area contributed by atoms with E-state index in [-0.39, 0.29) is 34.7 Å². The first-order valence-electron chi connectivity index (χ1n) is 14.4. The first-order valence-corrected chi connectivity index (χ1v) is 16.3. The van der Waals surface area contributed by atoms with Gasteiger partial charge in [0.2, 0.25) is 10.0 Å². The number of carbonyl (C=O) groups excluding carboxylic acids is 1. The number of piperidine rings is 1. The second kappa shape index (κ2) is 11.3. The molecule has 5 heterocycles. The van der Waals surface area contributed by atoms with Crippen molar-refractivity contribution in [3.05, 3.63) is 41.6 Å². The van der Waals surface area contributed by atoms with Gasteiger partial charge in [-0.05, 0) is 62.8 Å². The highest BCUT2D eigenvalue weighted by atomic mass is 32.2. The predicted octanol–water partition coefficient (Wildman–Crippen LogP) is 2.99. The Morgan fingerprint density at radius 2 is 1.95 bits per heavy atom. The fraction of sp³-hybridized carbons (Fsp3) is 0.483. The number of halogens is 2. The number of hydrogen-bond donors (Lipinski definition) is 2. The second-order valence-corrected chi connectivity index (χ2v) is 13.5. The van der Waals surface area contributed by atoms with Crippen molar-refractivity contribution in [1.29, 1.82) is 0 Å². The summed E-state index contributed by atoms with van der Waals surface area (Å²) < 4.78 is 61.4. The molecule has 12 nitrogen and oxygen atoms in total. The van der Waals surface area contributed by atoms with Gasteiger partial charge in [0.05, 0.1) is 37.4 Å². The summed E-state index contributed by atoms with van der Waals surface area (Å²) in [5.74, 6) is 0.132. The van der Waals surface area contributed by atoms with Crippen LogP contribution in [0, 0.1) is 12.8 Å². The third kappa shape index (κ3) is 5.37. The minimum absolute atomic E-state index is 0.0114. The maximum atomic E-state index is 13.8. The van der Waals surface area contributed by atoms with Crippen molar-refractivity contribution in [3.63, 3.8) is 0 Å². The summed E-state index contributed by atoms with van der Waals surface area (Å²) in [6.45, 7) is -0.632. The molecule has 44 heavy (non-hydrogen) atoms. The fourth-order valence-electron chi connectivity index (χ4n) is 6.08.